The van der Waals surface area contributed by atoms with Crippen LogP contribution in [-0.2, 0) is 6.42 Å². The van der Waals surface area contributed by atoms with E-state index in [-0.39, 0.29) is 0 Å². The fourth-order valence-electron chi connectivity index (χ4n) is 1.96. The SMILES string of the molecule is C[CH]c1ccccc1CCCCCCC. The van der Waals surface area contributed by atoms with E-state index in [1.54, 1.807) is 0 Å². The van der Waals surface area contributed by atoms with E-state index in [1.165, 1.54) is 49.7 Å². The van der Waals surface area contributed by atoms with Gasteiger partial charge >= 0.3 is 0 Å². The van der Waals surface area contributed by atoms with Crippen molar-refractivity contribution in [2.24, 2.45) is 0 Å². The first-order valence-corrected chi connectivity index (χ1v) is 6.25. The van der Waals surface area contributed by atoms with Crippen molar-refractivity contribution in [1.29, 1.82) is 0 Å². The van der Waals surface area contributed by atoms with Crippen molar-refractivity contribution in [3.63, 3.8) is 0 Å². The minimum absolute atomic E-state index is 1.24. The molecule has 0 aliphatic heterocycles. The lowest BCUT2D eigenvalue weighted by molar-refractivity contribution is 0.631. The predicted octanol–water partition coefficient (Wildman–Crippen LogP) is 4.77. The second-order valence-corrected chi connectivity index (χ2v) is 4.15. The highest BCUT2D eigenvalue weighted by molar-refractivity contribution is 5.32. The van der Waals surface area contributed by atoms with Crippen molar-refractivity contribution in [3.05, 3.63) is 41.8 Å². The maximum absolute atomic E-state index is 2.27. The molecule has 0 nitrogen and oxygen atoms in total. The summed E-state index contributed by atoms with van der Waals surface area (Å²) in [7, 11) is 0. The maximum Gasteiger partial charge on any atom is -0.0121 e. The van der Waals surface area contributed by atoms with Gasteiger partial charge in [-0.05, 0) is 30.4 Å². The summed E-state index contributed by atoms with van der Waals surface area (Å²) < 4.78 is 0. The molecule has 1 radical (unpaired) electrons. The molecule has 1 aromatic carbocycles. The van der Waals surface area contributed by atoms with Gasteiger partial charge in [0.05, 0.1) is 0 Å². The minimum Gasteiger partial charge on any atom is -0.0654 e. The molecule has 0 heteroatoms. The highest BCUT2D eigenvalue weighted by Gasteiger charge is 1.99. The molecule has 0 saturated carbocycles. The molecule has 15 heavy (non-hydrogen) atoms. The van der Waals surface area contributed by atoms with E-state index < -0.39 is 0 Å². The van der Waals surface area contributed by atoms with Crippen LogP contribution in [0.4, 0.5) is 0 Å². The Morgan fingerprint density at radius 2 is 1.73 bits per heavy atom. The molecule has 0 N–H and O–H groups in total. The van der Waals surface area contributed by atoms with Gasteiger partial charge in [-0.3, -0.25) is 0 Å². The Balaban J connectivity index is 2.30. The zero-order chi connectivity index (χ0) is 10.9. The van der Waals surface area contributed by atoms with Gasteiger partial charge in [0.2, 0.25) is 0 Å². The molecule has 0 aliphatic carbocycles. The van der Waals surface area contributed by atoms with Gasteiger partial charge in [0, 0.05) is 0 Å². The first-order valence-electron chi connectivity index (χ1n) is 6.25. The quantitative estimate of drug-likeness (QED) is 0.560. The largest absolute Gasteiger partial charge is 0.0654 e. The van der Waals surface area contributed by atoms with Crippen LogP contribution in [0.25, 0.3) is 0 Å². The lowest BCUT2D eigenvalue weighted by Gasteiger charge is -2.06. The second kappa shape index (κ2) is 7.50. The zero-order valence-corrected chi connectivity index (χ0v) is 10.1. The third-order valence-corrected chi connectivity index (χ3v) is 2.92. The Bertz CT molecular complexity index is 262. The summed E-state index contributed by atoms with van der Waals surface area (Å²) in [6.45, 7) is 4.39. The highest BCUT2D eigenvalue weighted by atomic mass is 14.0. The Labute approximate surface area is 94.7 Å². The molecule has 0 atom stereocenters. The van der Waals surface area contributed by atoms with Crippen LogP contribution in [0.2, 0.25) is 0 Å². The van der Waals surface area contributed by atoms with E-state index in [1.807, 2.05) is 0 Å². The van der Waals surface area contributed by atoms with Crippen molar-refractivity contribution in [2.75, 3.05) is 0 Å². The first kappa shape index (κ1) is 12.3. The topological polar surface area (TPSA) is 0 Å². The standard InChI is InChI=1S/C15H23/c1-3-5-6-7-8-12-15-13-10-9-11-14(15)4-2/h4,9-11,13H,3,5-8,12H2,1-2H3. The summed E-state index contributed by atoms with van der Waals surface area (Å²) in [5.41, 5.74) is 2.92. The molecule has 0 amide bonds. The maximum atomic E-state index is 2.27. The van der Waals surface area contributed by atoms with Crippen LogP contribution in [0.1, 0.15) is 57.1 Å². The van der Waals surface area contributed by atoms with E-state index in [0.717, 1.165) is 0 Å². The van der Waals surface area contributed by atoms with Gasteiger partial charge < -0.3 is 0 Å². The summed E-state index contributed by atoms with van der Waals surface area (Å²) in [5.74, 6) is 0. The average Bonchev–Trinajstić information content (AvgIpc) is 2.29. The molecule has 0 spiro atoms. The van der Waals surface area contributed by atoms with E-state index >= 15 is 0 Å². The van der Waals surface area contributed by atoms with Crippen LogP contribution < -0.4 is 0 Å². The first-order chi connectivity index (χ1) is 7.38. The fraction of sp³-hybridized carbons (Fsp3) is 0.533. The Morgan fingerprint density at radius 3 is 2.47 bits per heavy atom. The van der Waals surface area contributed by atoms with Gasteiger partial charge in [0.1, 0.15) is 0 Å². The van der Waals surface area contributed by atoms with E-state index in [2.05, 4.69) is 44.5 Å². The van der Waals surface area contributed by atoms with Crippen LogP contribution in [0.5, 0.6) is 0 Å². The van der Waals surface area contributed by atoms with E-state index in [0.29, 0.717) is 0 Å². The average molecular weight is 203 g/mol. The van der Waals surface area contributed by atoms with E-state index in [9.17, 15) is 0 Å². The van der Waals surface area contributed by atoms with Crippen LogP contribution in [-0.4, -0.2) is 0 Å². The Morgan fingerprint density at radius 1 is 1.00 bits per heavy atom. The van der Waals surface area contributed by atoms with Gasteiger partial charge in [-0.25, -0.2) is 0 Å². The minimum atomic E-state index is 1.24. The van der Waals surface area contributed by atoms with Crippen molar-refractivity contribution in [3.8, 4) is 0 Å². The molecule has 0 heterocycles. The van der Waals surface area contributed by atoms with Crippen molar-refractivity contribution in [2.45, 2.75) is 52.4 Å². The normalized spacial score (nSPS) is 10.5. The fourth-order valence-corrected chi connectivity index (χ4v) is 1.96. The number of aryl methyl sites for hydroxylation is 1. The smallest absolute Gasteiger partial charge is 0.0121 e. The molecule has 0 saturated heterocycles. The third kappa shape index (κ3) is 4.51. The van der Waals surface area contributed by atoms with Crippen molar-refractivity contribution < 1.29 is 0 Å². The summed E-state index contributed by atoms with van der Waals surface area (Å²) in [4.78, 5) is 0. The van der Waals surface area contributed by atoms with Crippen molar-refractivity contribution in [1.82, 2.24) is 0 Å². The molecule has 0 unspecified atom stereocenters. The number of benzene rings is 1. The predicted molar refractivity (Wildman–Crippen MR) is 68.0 cm³/mol. The zero-order valence-electron chi connectivity index (χ0n) is 10.1. The van der Waals surface area contributed by atoms with Gasteiger partial charge in [-0.15, -0.1) is 0 Å². The number of hydrogen-bond acceptors (Lipinski definition) is 0. The molecule has 0 aromatic heterocycles. The molecule has 1 rings (SSSR count). The molecular formula is C15H23. The lowest BCUT2D eigenvalue weighted by atomic mass is 9.99. The van der Waals surface area contributed by atoms with Gasteiger partial charge in [0.15, 0.2) is 0 Å². The highest BCUT2D eigenvalue weighted by Crippen LogP contribution is 2.14. The number of rotatable bonds is 7. The summed E-state index contributed by atoms with van der Waals surface area (Å²) >= 11 is 0. The molecule has 83 valence electrons. The van der Waals surface area contributed by atoms with Crippen LogP contribution in [0.3, 0.4) is 0 Å². The van der Waals surface area contributed by atoms with Crippen LogP contribution in [0, 0.1) is 6.42 Å². The number of unbranched alkanes of at least 4 members (excludes halogenated alkanes) is 4. The molecule has 0 fully saturated rings. The summed E-state index contributed by atoms with van der Waals surface area (Å²) in [6, 6.07) is 8.74. The lowest BCUT2D eigenvalue weighted by Crippen LogP contribution is -1.91. The van der Waals surface area contributed by atoms with Crippen LogP contribution in [0.15, 0.2) is 24.3 Å². The number of hydrogen-bond donors (Lipinski definition) is 0. The van der Waals surface area contributed by atoms with Gasteiger partial charge in [-0.2, -0.15) is 0 Å². The molecule has 0 aliphatic rings. The van der Waals surface area contributed by atoms with Gasteiger partial charge in [0.25, 0.3) is 0 Å². The van der Waals surface area contributed by atoms with Crippen LogP contribution >= 0.6 is 0 Å². The third-order valence-electron chi connectivity index (χ3n) is 2.92. The molecular weight excluding hydrogens is 180 g/mol. The molecule has 0 bridgehead atoms. The van der Waals surface area contributed by atoms with Crippen molar-refractivity contribution >= 4 is 0 Å². The molecule has 1 aromatic rings. The van der Waals surface area contributed by atoms with E-state index in [4.69, 9.17) is 0 Å². The Hall–Kier alpha value is -0.780. The van der Waals surface area contributed by atoms with Gasteiger partial charge in [-0.1, -0.05) is 63.8 Å². The summed E-state index contributed by atoms with van der Waals surface area (Å²) in [5, 5.41) is 0. The Kier molecular flexibility index (Phi) is 6.15. The summed E-state index contributed by atoms with van der Waals surface area (Å²) in [6.07, 6.45) is 10.3. The second-order valence-electron chi connectivity index (χ2n) is 4.15. The monoisotopic (exact) mass is 203 g/mol.